The lowest BCUT2D eigenvalue weighted by Crippen LogP contribution is -2.59. The number of amides is 1. The molecular formula is C16H20BrNO3. The van der Waals surface area contributed by atoms with Crippen molar-refractivity contribution in [1.82, 2.24) is 4.90 Å². The van der Waals surface area contributed by atoms with Crippen LogP contribution in [0.2, 0.25) is 0 Å². The number of ether oxygens (including phenoxy) is 1. The van der Waals surface area contributed by atoms with Crippen LogP contribution in [0, 0.1) is 6.92 Å². The number of methoxy groups -OCH3 is 1. The molecule has 0 saturated carbocycles. The number of benzene rings is 1. The average Bonchev–Trinajstić information content (AvgIpc) is 2.44. The van der Waals surface area contributed by atoms with Gasteiger partial charge < -0.3 is 9.64 Å². The molecule has 1 amide bonds. The zero-order valence-electron chi connectivity index (χ0n) is 12.8. The van der Waals surface area contributed by atoms with Crippen molar-refractivity contribution in [3.05, 3.63) is 34.9 Å². The third-order valence-corrected chi connectivity index (χ3v) is 4.58. The van der Waals surface area contributed by atoms with Crippen molar-refractivity contribution in [1.29, 1.82) is 0 Å². The summed E-state index contributed by atoms with van der Waals surface area (Å²) < 4.78 is 4.91. The van der Waals surface area contributed by atoms with Crippen molar-refractivity contribution in [3.8, 4) is 0 Å². The maximum absolute atomic E-state index is 12.4. The smallest absolute Gasteiger partial charge is 0.328 e. The predicted octanol–water partition coefficient (Wildman–Crippen LogP) is 2.55. The molecular weight excluding hydrogens is 334 g/mol. The molecule has 1 aliphatic rings. The maximum atomic E-state index is 12.4. The molecule has 1 unspecified atom stereocenters. The Morgan fingerprint density at radius 1 is 1.43 bits per heavy atom. The van der Waals surface area contributed by atoms with Crippen molar-refractivity contribution in [2.45, 2.75) is 38.8 Å². The van der Waals surface area contributed by atoms with E-state index in [9.17, 15) is 9.59 Å². The van der Waals surface area contributed by atoms with Crippen molar-refractivity contribution in [2.24, 2.45) is 0 Å². The number of hydrogen-bond acceptors (Lipinski definition) is 3. The number of rotatable bonds is 2. The summed E-state index contributed by atoms with van der Waals surface area (Å²) in [4.78, 5) is 26.2. The monoisotopic (exact) mass is 353 g/mol. The number of hydrogen-bond donors (Lipinski definition) is 0. The van der Waals surface area contributed by atoms with Gasteiger partial charge in [0.1, 0.15) is 6.04 Å². The molecule has 0 N–H and O–H groups in total. The quantitative estimate of drug-likeness (QED) is 0.606. The topological polar surface area (TPSA) is 46.6 Å². The van der Waals surface area contributed by atoms with Gasteiger partial charge in [-0.05, 0) is 31.9 Å². The van der Waals surface area contributed by atoms with E-state index in [1.54, 1.807) is 4.90 Å². The zero-order chi connectivity index (χ0) is 15.8. The number of nitrogens with zero attached hydrogens (tertiary/aromatic N) is 1. The Hall–Kier alpha value is -1.36. The Bertz CT molecular complexity index is 583. The van der Waals surface area contributed by atoms with Gasteiger partial charge in [0.25, 0.3) is 0 Å². The number of fused-ring (bicyclic) bond motifs is 1. The average molecular weight is 354 g/mol. The fraction of sp³-hybridized carbons (Fsp3) is 0.500. The van der Waals surface area contributed by atoms with E-state index in [0.29, 0.717) is 6.42 Å². The van der Waals surface area contributed by atoms with Gasteiger partial charge in [-0.2, -0.15) is 0 Å². The van der Waals surface area contributed by atoms with Crippen LogP contribution in [0.1, 0.15) is 30.5 Å². The third-order valence-electron chi connectivity index (χ3n) is 4.10. The first-order valence-electron chi connectivity index (χ1n) is 6.89. The summed E-state index contributed by atoms with van der Waals surface area (Å²) in [5.74, 6) is -0.480. The number of esters is 1. The SMILES string of the molecule is COC(=O)C1Cc2cc(C)ccc2C(C)(C)N1C(=O)CBr. The molecule has 0 radical (unpaired) electrons. The molecule has 1 aromatic carbocycles. The molecule has 0 fully saturated rings. The molecule has 114 valence electrons. The highest BCUT2D eigenvalue weighted by molar-refractivity contribution is 9.09. The molecule has 1 aliphatic heterocycles. The van der Waals surface area contributed by atoms with E-state index in [4.69, 9.17) is 4.74 Å². The summed E-state index contributed by atoms with van der Waals surface area (Å²) in [7, 11) is 1.36. The van der Waals surface area contributed by atoms with E-state index < -0.39 is 11.6 Å². The van der Waals surface area contributed by atoms with Gasteiger partial charge in [-0.25, -0.2) is 4.79 Å². The first-order chi connectivity index (χ1) is 9.82. The van der Waals surface area contributed by atoms with E-state index in [1.165, 1.54) is 7.11 Å². The number of halogens is 1. The largest absolute Gasteiger partial charge is 0.467 e. The normalized spacial score (nSPS) is 19.9. The minimum atomic E-state index is -0.579. The van der Waals surface area contributed by atoms with Crippen molar-refractivity contribution < 1.29 is 14.3 Å². The standard InChI is InChI=1S/C16H20BrNO3/c1-10-5-6-12-11(7-10)8-13(15(20)21-4)18(14(19)9-17)16(12,2)3/h5-7,13H,8-9H2,1-4H3. The van der Waals surface area contributed by atoms with Crippen LogP contribution in [0.15, 0.2) is 18.2 Å². The van der Waals surface area contributed by atoms with Gasteiger partial charge in [-0.1, -0.05) is 39.7 Å². The van der Waals surface area contributed by atoms with E-state index in [0.717, 1.165) is 16.7 Å². The molecule has 4 nitrogen and oxygen atoms in total. The highest BCUT2D eigenvalue weighted by Gasteiger charge is 2.45. The van der Waals surface area contributed by atoms with Gasteiger partial charge >= 0.3 is 5.97 Å². The second kappa shape index (κ2) is 5.79. The van der Waals surface area contributed by atoms with E-state index in [1.807, 2.05) is 32.9 Å². The van der Waals surface area contributed by atoms with E-state index in [2.05, 4.69) is 22.0 Å². The van der Waals surface area contributed by atoms with Crippen LogP contribution in [-0.4, -0.2) is 35.3 Å². The minimum absolute atomic E-state index is 0.110. The Balaban J connectivity index is 2.59. The molecule has 21 heavy (non-hydrogen) atoms. The number of aryl methyl sites for hydroxylation is 1. The summed E-state index contributed by atoms with van der Waals surface area (Å²) >= 11 is 3.21. The Kier molecular flexibility index (Phi) is 4.42. The van der Waals surface area contributed by atoms with Crippen LogP contribution in [0.4, 0.5) is 0 Å². The number of carbonyl (C=O) groups is 2. The van der Waals surface area contributed by atoms with Gasteiger partial charge in [0.2, 0.25) is 5.91 Å². The molecule has 0 bridgehead atoms. The Morgan fingerprint density at radius 2 is 2.10 bits per heavy atom. The highest BCUT2D eigenvalue weighted by atomic mass is 79.9. The van der Waals surface area contributed by atoms with Gasteiger partial charge in [0, 0.05) is 6.42 Å². The third kappa shape index (κ3) is 2.71. The van der Waals surface area contributed by atoms with Gasteiger partial charge in [-0.15, -0.1) is 0 Å². The van der Waals surface area contributed by atoms with Crippen molar-refractivity contribution in [2.75, 3.05) is 12.4 Å². The molecule has 0 aliphatic carbocycles. The van der Waals surface area contributed by atoms with E-state index >= 15 is 0 Å². The fourth-order valence-corrected chi connectivity index (χ4v) is 3.45. The lowest BCUT2D eigenvalue weighted by atomic mass is 9.79. The fourth-order valence-electron chi connectivity index (χ4n) is 3.18. The summed E-state index contributed by atoms with van der Waals surface area (Å²) in [6.45, 7) is 5.96. The van der Waals surface area contributed by atoms with Crippen LogP contribution in [0.25, 0.3) is 0 Å². The number of alkyl halides is 1. The van der Waals surface area contributed by atoms with Gasteiger partial charge in [0.15, 0.2) is 0 Å². The molecule has 0 spiro atoms. The second-order valence-corrected chi connectivity index (χ2v) is 6.42. The Labute approximate surface area is 133 Å². The van der Waals surface area contributed by atoms with Crippen LogP contribution in [-0.2, 0) is 26.3 Å². The van der Waals surface area contributed by atoms with Crippen molar-refractivity contribution in [3.63, 3.8) is 0 Å². The van der Waals surface area contributed by atoms with Gasteiger partial charge in [0.05, 0.1) is 18.0 Å². The van der Waals surface area contributed by atoms with Crippen LogP contribution in [0.5, 0.6) is 0 Å². The van der Waals surface area contributed by atoms with Crippen LogP contribution in [0.3, 0.4) is 0 Å². The minimum Gasteiger partial charge on any atom is -0.467 e. The summed E-state index contributed by atoms with van der Waals surface area (Å²) in [5, 5.41) is 0.186. The van der Waals surface area contributed by atoms with Crippen LogP contribution >= 0.6 is 15.9 Å². The second-order valence-electron chi connectivity index (χ2n) is 5.86. The summed E-state index contributed by atoms with van der Waals surface area (Å²) in [6, 6.07) is 5.59. The van der Waals surface area contributed by atoms with Gasteiger partial charge in [-0.3, -0.25) is 4.79 Å². The molecule has 1 atom stereocenters. The maximum Gasteiger partial charge on any atom is 0.328 e. The highest BCUT2D eigenvalue weighted by Crippen LogP contribution is 2.39. The summed E-state index contributed by atoms with van der Waals surface area (Å²) in [6.07, 6.45) is 0.492. The molecule has 1 aromatic rings. The molecule has 1 heterocycles. The summed E-state index contributed by atoms with van der Waals surface area (Å²) in [5.41, 5.74) is 2.79. The number of carbonyl (C=O) groups excluding carboxylic acids is 2. The first-order valence-corrected chi connectivity index (χ1v) is 8.01. The Morgan fingerprint density at radius 3 is 2.67 bits per heavy atom. The molecule has 2 rings (SSSR count). The molecule has 5 heteroatoms. The van der Waals surface area contributed by atoms with E-state index in [-0.39, 0.29) is 17.2 Å². The lowest BCUT2D eigenvalue weighted by Gasteiger charge is -2.47. The first kappa shape index (κ1) is 16.0. The lowest BCUT2D eigenvalue weighted by molar-refractivity contribution is -0.158. The molecule has 0 saturated heterocycles. The van der Waals surface area contributed by atoms with Crippen molar-refractivity contribution >= 4 is 27.8 Å². The predicted molar refractivity (Wildman–Crippen MR) is 84.4 cm³/mol. The molecule has 0 aromatic heterocycles. The van der Waals surface area contributed by atoms with Crippen LogP contribution < -0.4 is 0 Å². The zero-order valence-corrected chi connectivity index (χ0v) is 14.4.